The molecule has 1 aromatic rings. The highest BCUT2D eigenvalue weighted by Crippen LogP contribution is 2.25. The second kappa shape index (κ2) is 7.53. The van der Waals surface area contributed by atoms with E-state index in [0.29, 0.717) is 10.7 Å². The fraction of sp³-hybridized carbons (Fsp3) is 0.154. The first kappa shape index (κ1) is 16.8. The molecule has 0 aliphatic carbocycles. The highest BCUT2D eigenvalue weighted by Gasteiger charge is 2.13. The summed E-state index contributed by atoms with van der Waals surface area (Å²) in [5.41, 5.74) is 0.00705. The van der Waals surface area contributed by atoms with E-state index in [1.165, 1.54) is 25.1 Å². The lowest BCUT2D eigenvalue weighted by Gasteiger charge is -2.08. The molecule has 110 valence electrons. The summed E-state index contributed by atoms with van der Waals surface area (Å²) in [7, 11) is 0. The van der Waals surface area contributed by atoms with Crippen molar-refractivity contribution >= 4 is 40.8 Å². The van der Waals surface area contributed by atoms with Gasteiger partial charge in [0.25, 0.3) is 5.91 Å². The van der Waals surface area contributed by atoms with Crippen LogP contribution >= 0.6 is 23.2 Å². The molecular weight excluding hydrogens is 317 g/mol. The van der Waals surface area contributed by atoms with Crippen LogP contribution < -0.4 is 10.6 Å². The van der Waals surface area contributed by atoms with Crippen molar-refractivity contribution in [3.63, 3.8) is 0 Å². The molecule has 1 aromatic carbocycles. The summed E-state index contributed by atoms with van der Waals surface area (Å²) in [4.78, 5) is 22.5. The Labute approximate surface area is 131 Å². The summed E-state index contributed by atoms with van der Waals surface area (Å²) in [5, 5.41) is 23.1. The number of nitrogens with one attached hydrogen (secondary N) is 2. The van der Waals surface area contributed by atoms with E-state index in [1.54, 1.807) is 6.07 Å². The van der Waals surface area contributed by atoms with Crippen LogP contribution in [0.3, 0.4) is 0 Å². The van der Waals surface area contributed by atoms with Crippen LogP contribution in [-0.4, -0.2) is 23.0 Å². The summed E-state index contributed by atoms with van der Waals surface area (Å²) >= 11 is 11.6. The molecule has 6 nitrogen and oxygen atoms in total. The number of carbonyl (C=O) groups excluding carboxylic acids is 1. The SMILES string of the molecule is CC(N/C=C(/C#N)C(=O)Nc1ccc(Cl)cc1Cl)C(=O)O. The van der Waals surface area contributed by atoms with Gasteiger partial charge < -0.3 is 15.7 Å². The number of halogens is 2. The van der Waals surface area contributed by atoms with Crippen LogP contribution in [0, 0.1) is 11.3 Å². The van der Waals surface area contributed by atoms with Gasteiger partial charge in [0.2, 0.25) is 0 Å². The largest absolute Gasteiger partial charge is 0.480 e. The van der Waals surface area contributed by atoms with Crippen molar-refractivity contribution in [2.45, 2.75) is 13.0 Å². The molecule has 0 aliphatic heterocycles. The Morgan fingerprint density at radius 2 is 2.10 bits per heavy atom. The standard InChI is InChI=1S/C13H11Cl2N3O3/c1-7(13(20)21)17-6-8(5-16)12(19)18-11-3-2-9(14)4-10(11)15/h2-4,6-7,17H,1H3,(H,18,19)(H,20,21)/b8-6-. The Kier molecular flexibility index (Phi) is 6.03. The average molecular weight is 328 g/mol. The normalized spacial score (nSPS) is 12.2. The number of nitriles is 1. The summed E-state index contributed by atoms with van der Waals surface area (Å²) in [6, 6.07) is 5.21. The topological polar surface area (TPSA) is 102 Å². The number of nitrogens with zero attached hydrogens (tertiary/aromatic N) is 1. The lowest BCUT2D eigenvalue weighted by molar-refractivity contribution is -0.138. The average Bonchev–Trinajstić information content (AvgIpc) is 2.42. The van der Waals surface area contributed by atoms with Crippen molar-refractivity contribution in [2.75, 3.05) is 5.32 Å². The molecular formula is C13H11Cl2N3O3. The molecule has 0 fully saturated rings. The van der Waals surface area contributed by atoms with Crippen LogP contribution in [0.2, 0.25) is 10.0 Å². The molecule has 1 unspecified atom stereocenters. The first-order valence-corrected chi connectivity index (χ1v) is 6.46. The zero-order valence-electron chi connectivity index (χ0n) is 10.9. The van der Waals surface area contributed by atoms with Crippen molar-refractivity contribution in [3.8, 4) is 6.07 Å². The third-order valence-corrected chi connectivity index (χ3v) is 2.94. The van der Waals surface area contributed by atoms with Gasteiger partial charge in [0.1, 0.15) is 17.7 Å². The highest BCUT2D eigenvalue weighted by molar-refractivity contribution is 6.36. The van der Waals surface area contributed by atoms with E-state index >= 15 is 0 Å². The van der Waals surface area contributed by atoms with Gasteiger partial charge in [-0.3, -0.25) is 9.59 Å². The maximum atomic E-state index is 11.9. The van der Waals surface area contributed by atoms with Gasteiger partial charge in [-0.05, 0) is 25.1 Å². The highest BCUT2D eigenvalue weighted by atomic mass is 35.5. The van der Waals surface area contributed by atoms with Crippen molar-refractivity contribution < 1.29 is 14.7 Å². The number of carbonyl (C=O) groups is 2. The van der Waals surface area contributed by atoms with Gasteiger partial charge in [-0.15, -0.1) is 0 Å². The second-order valence-corrected chi connectivity index (χ2v) is 4.82. The van der Waals surface area contributed by atoms with Gasteiger partial charge in [0.05, 0.1) is 10.7 Å². The number of hydrogen-bond acceptors (Lipinski definition) is 4. The number of rotatable bonds is 5. The quantitative estimate of drug-likeness (QED) is 0.569. The van der Waals surface area contributed by atoms with E-state index in [4.69, 9.17) is 33.6 Å². The monoisotopic (exact) mass is 327 g/mol. The molecule has 3 N–H and O–H groups in total. The smallest absolute Gasteiger partial charge is 0.325 e. The van der Waals surface area contributed by atoms with Crippen LogP contribution in [0.5, 0.6) is 0 Å². The van der Waals surface area contributed by atoms with Gasteiger partial charge in [0, 0.05) is 11.2 Å². The lowest BCUT2D eigenvalue weighted by atomic mass is 10.2. The summed E-state index contributed by atoms with van der Waals surface area (Å²) in [6.07, 6.45) is 1.04. The third kappa shape index (κ3) is 4.99. The van der Waals surface area contributed by atoms with Gasteiger partial charge in [-0.2, -0.15) is 5.26 Å². The Hall–Kier alpha value is -2.23. The van der Waals surface area contributed by atoms with E-state index < -0.39 is 17.9 Å². The molecule has 21 heavy (non-hydrogen) atoms. The van der Waals surface area contributed by atoms with E-state index in [1.807, 2.05) is 0 Å². The summed E-state index contributed by atoms with van der Waals surface area (Å²) < 4.78 is 0. The lowest BCUT2D eigenvalue weighted by Crippen LogP contribution is -2.30. The van der Waals surface area contributed by atoms with Gasteiger partial charge in [-0.1, -0.05) is 23.2 Å². The van der Waals surface area contributed by atoms with Crippen LogP contribution in [0.4, 0.5) is 5.69 Å². The maximum Gasteiger partial charge on any atom is 0.325 e. The van der Waals surface area contributed by atoms with Gasteiger partial charge >= 0.3 is 5.97 Å². The molecule has 0 radical (unpaired) electrons. The number of carboxylic acid groups (broad SMARTS) is 1. The van der Waals surface area contributed by atoms with Crippen molar-refractivity contribution in [2.24, 2.45) is 0 Å². The molecule has 0 aromatic heterocycles. The molecule has 1 rings (SSSR count). The van der Waals surface area contributed by atoms with Crippen molar-refractivity contribution in [1.82, 2.24) is 5.32 Å². The summed E-state index contributed by atoms with van der Waals surface area (Å²) in [5.74, 6) is -1.82. The second-order valence-electron chi connectivity index (χ2n) is 3.97. The fourth-order valence-corrected chi connectivity index (χ4v) is 1.66. The fourth-order valence-electron chi connectivity index (χ4n) is 1.21. The molecule has 1 amide bonds. The molecule has 0 saturated carbocycles. The first-order valence-electron chi connectivity index (χ1n) is 5.70. The Balaban J connectivity index is 2.83. The van der Waals surface area contributed by atoms with Crippen molar-refractivity contribution in [1.29, 1.82) is 5.26 Å². The van der Waals surface area contributed by atoms with Crippen LogP contribution in [-0.2, 0) is 9.59 Å². The predicted molar refractivity (Wildman–Crippen MR) is 79.0 cm³/mol. The van der Waals surface area contributed by atoms with E-state index in [0.717, 1.165) is 6.20 Å². The Bertz CT molecular complexity index is 638. The molecule has 0 bridgehead atoms. The molecule has 0 aliphatic rings. The Morgan fingerprint density at radius 3 is 2.62 bits per heavy atom. The van der Waals surface area contributed by atoms with E-state index in [-0.39, 0.29) is 10.6 Å². The first-order chi connectivity index (χ1) is 9.85. The molecule has 0 saturated heterocycles. The minimum atomic E-state index is -1.11. The number of carboxylic acids is 1. The number of benzene rings is 1. The number of aliphatic carboxylic acids is 1. The maximum absolute atomic E-state index is 11.9. The number of anilines is 1. The molecule has 1 atom stereocenters. The molecule has 8 heteroatoms. The van der Waals surface area contributed by atoms with E-state index in [2.05, 4.69) is 10.6 Å². The number of hydrogen-bond donors (Lipinski definition) is 3. The van der Waals surface area contributed by atoms with Gasteiger partial charge in [0.15, 0.2) is 0 Å². The van der Waals surface area contributed by atoms with Crippen LogP contribution in [0.15, 0.2) is 30.0 Å². The predicted octanol–water partition coefficient (Wildman–Crippen LogP) is 2.40. The number of amides is 1. The van der Waals surface area contributed by atoms with E-state index in [9.17, 15) is 9.59 Å². The third-order valence-electron chi connectivity index (χ3n) is 2.39. The van der Waals surface area contributed by atoms with Gasteiger partial charge in [-0.25, -0.2) is 0 Å². The molecule has 0 spiro atoms. The van der Waals surface area contributed by atoms with Crippen LogP contribution in [0.25, 0.3) is 0 Å². The zero-order valence-corrected chi connectivity index (χ0v) is 12.4. The minimum absolute atomic E-state index is 0.222. The minimum Gasteiger partial charge on any atom is -0.480 e. The van der Waals surface area contributed by atoms with Crippen LogP contribution in [0.1, 0.15) is 6.92 Å². The Morgan fingerprint density at radius 1 is 1.43 bits per heavy atom. The molecule has 0 heterocycles. The zero-order chi connectivity index (χ0) is 16.0. The van der Waals surface area contributed by atoms with Crippen molar-refractivity contribution in [3.05, 3.63) is 40.0 Å². The summed E-state index contributed by atoms with van der Waals surface area (Å²) in [6.45, 7) is 1.38.